The van der Waals surface area contributed by atoms with Crippen molar-refractivity contribution in [3.63, 3.8) is 0 Å². The normalized spacial score (nSPS) is 18.6. The first-order valence-electron chi connectivity index (χ1n) is 6.18. The monoisotopic (exact) mass is 316 g/mol. The zero-order valence-electron chi connectivity index (χ0n) is 10.5. The second-order valence-electron chi connectivity index (χ2n) is 4.95. The summed E-state index contributed by atoms with van der Waals surface area (Å²) in [6.07, 6.45) is 2.00. The molecule has 2 rings (SSSR count). The quantitative estimate of drug-likeness (QED) is 0.788. The zero-order valence-corrected chi connectivity index (χ0v) is 12.1. The fraction of sp³-hybridized carbons (Fsp3) is 0.571. The Kier molecular flexibility index (Phi) is 4.62. The van der Waals surface area contributed by atoms with Crippen LogP contribution in [0.4, 0.5) is 4.39 Å². The van der Waals surface area contributed by atoms with Crippen LogP contribution in [-0.2, 0) is 4.74 Å². The van der Waals surface area contributed by atoms with E-state index in [4.69, 9.17) is 9.47 Å². The number of benzene rings is 1. The van der Waals surface area contributed by atoms with Crippen molar-refractivity contribution in [1.29, 1.82) is 0 Å². The summed E-state index contributed by atoms with van der Waals surface area (Å²) in [5.41, 5.74) is 0.757. The molecule has 0 spiro atoms. The second-order valence-corrected chi connectivity index (χ2v) is 5.51. The van der Waals surface area contributed by atoms with Gasteiger partial charge in [0.1, 0.15) is 11.6 Å². The third-order valence-electron chi connectivity index (χ3n) is 3.51. The minimum Gasteiger partial charge on any atom is -0.493 e. The molecule has 1 fully saturated rings. The highest BCUT2D eigenvalue weighted by molar-refractivity contribution is 9.09. The summed E-state index contributed by atoms with van der Waals surface area (Å²) < 4.78 is 24.4. The minimum atomic E-state index is -0.191. The lowest BCUT2D eigenvalue weighted by Gasteiger charge is -2.35. The molecule has 2 nitrogen and oxygen atoms in total. The van der Waals surface area contributed by atoms with Crippen LogP contribution in [-0.4, -0.2) is 25.2 Å². The van der Waals surface area contributed by atoms with Crippen molar-refractivity contribution >= 4 is 15.9 Å². The van der Waals surface area contributed by atoms with Crippen molar-refractivity contribution in [3.8, 4) is 5.75 Å². The van der Waals surface area contributed by atoms with Crippen LogP contribution < -0.4 is 4.74 Å². The maximum atomic E-state index is 13.2. The molecule has 0 bridgehead atoms. The molecule has 1 aliphatic rings. The largest absolute Gasteiger partial charge is 0.493 e. The predicted molar refractivity (Wildman–Crippen MR) is 72.9 cm³/mol. The fourth-order valence-corrected chi connectivity index (χ4v) is 2.79. The number of rotatable bonds is 4. The zero-order chi connectivity index (χ0) is 13.0. The molecule has 0 aliphatic carbocycles. The molecule has 1 heterocycles. The van der Waals surface area contributed by atoms with Crippen LogP contribution in [0.5, 0.6) is 5.75 Å². The van der Waals surface area contributed by atoms with Gasteiger partial charge in [0.15, 0.2) is 0 Å². The molecule has 1 saturated heterocycles. The van der Waals surface area contributed by atoms with Gasteiger partial charge in [-0.15, -0.1) is 0 Å². The fourth-order valence-electron chi connectivity index (χ4n) is 2.06. The smallest absolute Gasteiger partial charge is 0.126 e. The van der Waals surface area contributed by atoms with Gasteiger partial charge in [-0.3, -0.25) is 0 Å². The summed E-state index contributed by atoms with van der Waals surface area (Å²) in [6.45, 7) is 3.97. The van der Waals surface area contributed by atoms with E-state index in [9.17, 15) is 4.39 Å². The van der Waals surface area contributed by atoms with Crippen LogP contribution in [0.2, 0.25) is 0 Å². The molecule has 0 saturated carbocycles. The van der Waals surface area contributed by atoms with Crippen LogP contribution in [0.1, 0.15) is 18.4 Å². The first-order chi connectivity index (χ1) is 8.65. The molecule has 0 N–H and O–H groups in total. The SMILES string of the molecule is Cc1cc(OCC2(CBr)CCOCC2)ccc1F. The number of alkyl halides is 1. The van der Waals surface area contributed by atoms with E-state index in [0.29, 0.717) is 12.2 Å². The Morgan fingerprint density at radius 3 is 2.72 bits per heavy atom. The molecule has 4 heteroatoms. The van der Waals surface area contributed by atoms with Crippen molar-refractivity contribution in [2.24, 2.45) is 5.41 Å². The molecule has 0 aromatic heterocycles. The lowest BCUT2D eigenvalue weighted by molar-refractivity contribution is 0.00352. The highest BCUT2D eigenvalue weighted by Crippen LogP contribution is 2.33. The molecule has 1 aromatic rings. The first kappa shape index (κ1) is 13.8. The van der Waals surface area contributed by atoms with E-state index in [1.165, 1.54) is 6.07 Å². The third kappa shape index (κ3) is 3.23. The van der Waals surface area contributed by atoms with Crippen molar-refractivity contribution in [2.75, 3.05) is 25.2 Å². The Morgan fingerprint density at radius 1 is 1.39 bits per heavy atom. The van der Waals surface area contributed by atoms with Gasteiger partial charge in [-0.1, -0.05) is 15.9 Å². The highest BCUT2D eigenvalue weighted by Gasteiger charge is 2.32. The number of halogens is 2. The van der Waals surface area contributed by atoms with E-state index in [1.807, 2.05) is 0 Å². The predicted octanol–water partition coefficient (Wildman–Crippen LogP) is 3.70. The number of hydrogen-bond donors (Lipinski definition) is 0. The third-order valence-corrected chi connectivity index (χ3v) is 4.70. The van der Waals surface area contributed by atoms with E-state index >= 15 is 0 Å². The average Bonchev–Trinajstić information content (AvgIpc) is 2.41. The molecule has 0 radical (unpaired) electrons. The topological polar surface area (TPSA) is 18.5 Å². The van der Waals surface area contributed by atoms with Gasteiger partial charge in [-0.2, -0.15) is 0 Å². The van der Waals surface area contributed by atoms with E-state index in [1.54, 1.807) is 19.1 Å². The van der Waals surface area contributed by atoms with Crippen molar-refractivity contribution in [1.82, 2.24) is 0 Å². The molecule has 0 atom stereocenters. The van der Waals surface area contributed by atoms with Gasteiger partial charge in [0.25, 0.3) is 0 Å². The van der Waals surface area contributed by atoms with Crippen LogP contribution in [0, 0.1) is 18.2 Å². The molecular formula is C14H18BrFO2. The van der Waals surface area contributed by atoms with E-state index in [-0.39, 0.29) is 11.2 Å². The maximum Gasteiger partial charge on any atom is 0.126 e. The summed E-state index contributed by atoms with van der Waals surface area (Å²) in [4.78, 5) is 0. The first-order valence-corrected chi connectivity index (χ1v) is 7.30. The average molecular weight is 317 g/mol. The Morgan fingerprint density at radius 2 is 2.11 bits per heavy atom. The van der Waals surface area contributed by atoms with Crippen LogP contribution >= 0.6 is 15.9 Å². The van der Waals surface area contributed by atoms with Crippen molar-refractivity contribution in [3.05, 3.63) is 29.6 Å². The standard InChI is InChI=1S/C14H18BrFO2/c1-11-8-12(2-3-13(11)16)18-10-14(9-15)4-6-17-7-5-14/h2-3,8H,4-7,9-10H2,1H3. The minimum absolute atomic E-state index is 0.139. The van der Waals surface area contributed by atoms with Gasteiger partial charge in [-0.25, -0.2) is 4.39 Å². The second kappa shape index (κ2) is 6.02. The number of ether oxygens (including phenoxy) is 2. The van der Waals surface area contributed by atoms with Crippen molar-refractivity contribution in [2.45, 2.75) is 19.8 Å². The van der Waals surface area contributed by atoms with E-state index < -0.39 is 0 Å². The lowest BCUT2D eigenvalue weighted by Crippen LogP contribution is -2.36. The maximum absolute atomic E-state index is 13.2. The summed E-state index contributed by atoms with van der Waals surface area (Å²) in [6, 6.07) is 4.88. The molecule has 1 aliphatic heterocycles. The van der Waals surface area contributed by atoms with Gasteiger partial charge in [0, 0.05) is 24.0 Å². The lowest BCUT2D eigenvalue weighted by atomic mass is 9.83. The number of hydrogen-bond acceptors (Lipinski definition) is 2. The van der Waals surface area contributed by atoms with E-state index in [0.717, 1.165) is 37.1 Å². The molecule has 0 amide bonds. The van der Waals surface area contributed by atoms with E-state index in [2.05, 4.69) is 15.9 Å². The van der Waals surface area contributed by atoms with Crippen LogP contribution in [0.15, 0.2) is 18.2 Å². The number of aryl methyl sites for hydroxylation is 1. The van der Waals surface area contributed by atoms with Gasteiger partial charge >= 0.3 is 0 Å². The Bertz CT molecular complexity index is 403. The van der Waals surface area contributed by atoms with Crippen LogP contribution in [0.25, 0.3) is 0 Å². The van der Waals surface area contributed by atoms with Crippen LogP contribution in [0.3, 0.4) is 0 Å². The molecule has 1 aromatic carbocycles. The Labute approximate surface area is 116 Å². The van der Waals surface area contributed by atoms with Gasteiger partial charge < -0.3 is 9.47 Å². The molecule has 0 unspecified atom stereocenters. The summed E-state index contributed by atoms with van der Waals surface area (Å²) >= 11 is 3.57. The Balaban J connectivity index is 1.98. The van der Waals surface area contributed by atoms with Gasteiger partial charge in [0.05, 0.1) is 6.61 Å². The van der Waals surface area contributed by atoms with Crippen molar-refractivity contribution < 1.29 is 13.9 Å². The molecule has 100 valence electrons. The highest BCUT2D eigenvalue weighted by atomic mass is 79.9. The Hall–Kier alpha value is -0.610. The summed E-state index contributed by atoms with van der Waals surface area (Å²) in [7, 11) is 0. The van der Waals surface area contributed by atoms with Gasteiger partial charge in [-0.05, 0) is 43.5 Å². The summed E-state index contributed by atoms with van der Waals surface area (Å²) in [5, 5.41) is 0.906. The molecule has 18 heavy (non-hydrogen) atoms. The molecular weight excluding hydrogens is 299 g/mol. The summed E-state index contributed by atoms with van der Waals surface area (Å²) in [5.74, 6) is 0.546. The van der Waals surface area contributed by atoms with Gasteiger partial charge in [0.2, 0.25) is 0 Å².